The summed E-state index contributed by atoms with van der Waals surface area (Å²) in [6.45, 7) is 4.50. The lowest BCUT2D eigenvalue weighted by molar-refractivity contribution is 0.0472. The third-order valence-corrected chi connectivity index (χ3v) is 4.84. The second-order valence-electron chi connectivity index (χ2n) is 5.56. The molecule has 1 N–H and O–H groups in total. The third kappa shape index (κ3) is 4.46. The van der Waals surface area contributed by atoms with Crippen molar-refractivity contribution < 1.29 is 23.9 Å². The van der Waals surface area contributed by atoms with Gasteiger partial charge in [0.25, 0.3) is 0 Å². The van der Waals surface area contributed by atoms with E-state index >= 15 is 0 Å². The monoisotopic (exact) mass is 431 g/mol. The van der Waals surface area contributed by atoms with Crippen LogP contribution in [0.5, 0.6) is 0 Å². The number of hydrogen-bond donors (Lipinski definition) is 1. The molecule has 0 aliphatic heterocycles. The summed E-state index contributed by atoms with van der Waals surface area (Å²) in [5.74, 6) is -2.10. The van der Waals surface area contributed by atoms with E-state index in [2.05, 4.69) is 4.98 Å². The van der Waals surface area contributed by atoms with Gasteiger partial charge in [-0.15, -0.1) is 0 Å². The Bertz CT molecular complexity index is 920. The molecule has 1 aromatic carbocycles. The fourth-order valence-electron chi connectivity index (χ4n) is 2.58. The second kappa shape index (κ2) is 8.78. The van der Waals surface area contributed by atoms with Gasteiger partial charge in [-0.05, 0) is 32.9 Å². The highest BCUT2D eigenvalue weighted by Gasteiger charge is 2.27. The summed E-state index contributed by atoms with van der Waals surface area (Å²) in [6.07, 6.45) is 0. The lowest BCUT2D eigenvalue weighted by atomic mass is 10.1. The van der Waals surface area contributed by atoms with Crippen molar-refractivity contribution in [3.63, 3.8) is 0 Å². The second-order valence-corrected chi connectivity index (χ2v) is 6.76. The molecule has 1 aromatic heterocycles. The quantitative estimate of drug-likeness (QED) is 0.402. The molecular weight excluding hydrogens is 417 g/mol. The zero-order valence-corrected chi connectivity index (χ0v) is 17.0. The number of carbonyl (C=O) groups is 3. The molecule has 0 aliphatic rings. The zero-order chi connectivity index (χ0) is 20.3. The summed E-state index contributed by atoms with van der Waals surface area (Å²) in [4.78, 5) is 39.9. The minimum atomic E-state index is -0.900. The lowest BCUT2D eigenvalue weighted by Gasteiger charge is -2.09. The van der Waals surface area contributed by atoms with Crippen LogP contribution in [0.25, 0.3) is 0 Å². The van der Waals surface area contributed by atoms with Gasteiger partial charge < -0.3 is 14.5 Å². The Kier molecular flexibility index (Phi) is 6.92. The molecule has 0 radical (unpaired) electrons. The van der Waals surface area contributed by atoms with Gasteiger partial charge in [0.1, 0.15) is 0 Å². The number of hydrogen-bond acceptors (Lipinski definition) is 5. The third-order valence-electron chi connectivity index (χ3n) is 3.72. The van der Waals surface area contributed by atoms with Crippen LogP contribution < -0.4 is 0 Å². The van der Waals surface area contributed by atoms with E-state index in [1.165, 1.54) is 12.1 Å². The van der Waals surface area contributed by atoms with Crippen LogP contribution in [0.2, 0.25) is 15.1 Å². The summed E-state index contributed by atoms with van der Waals surface area (Å²) < 4.78 is 10.0. The van der Waals surface area contributed by atoms with Gasteiger partial charge in [-0.1, -0.05) is 34.8 Å². The number of ether oxygens (including phenoxy) is 2. The van der Waals surface area contributed by atoms with Crippen molar-refractivity contribution >= 4 is 52.5 Å². The molecule has 144 valence electrons. The number of rotatable bonds is 6. The molecule has 0 spiro atoms. The van der Waals surface area contributed by atoms with Gasteiger partial charge in [-0.3, -0.25) is 4.79 Å². The van der Waals surface area contributed by atoms with Gasteiger partial charge in [0.2, 0.25) is 5.78 Å². The largest absolute Gasteiger partial charge is 0.462 e. The highest BCUT2D eigenvalue weighted by atomic mass is 35.5. The molecule has 2 aromatic rings. The molecule has 0 amide bonds. The summed E-state index contributed by atoms with van der Waals surface area (Å²) >= 11 is 17.8. The molecule has 0 saturated carbocycles. The first-order valence-corrected chi connectivity index (χ1v) is 9.02. The Hall–Kier alpha value is -2.02. The molecule has 0 aliphatic carbocycles. The maximum atomic E-state index is 12.6. The van der Waals surface area contributed by atoms with Crippen molar-refractivity contribution in [2.45, 2.75) is 20.8 Å². The van der Waals surface area contributed by atoms with E-state index in [1.807, 2.05) is 0 Å². The predicted octanol–water partition coefficient (Wildman–Crippen LogP) is 4.81. The molecular formula is C18H16Cl3NO5. The van der Waals surface area contributed by atoms with E-state index in [-0.39, 0.29) is 38.4 Å². The number of aryl methyl sites for hydroxylation is 2. The maximum Gasteiger partial charge on any atom is 0.341 e. The number of ketones is 1. The summed E-state index contributed by atoms with van der Waals surface area (Å²) in [7, 11) is 0. The minimum Gasteiger partial charge on any atom is -0.462 e. The average Bonchev–Trinajstić information content (AvgIpc) is 2.90. The van der Waals surface area contributed by atoms with Crippen LogP contribution in [-0.4, -0.2) is 35.9 Å². The van der Waals surface area contributed by atoms with Gasteiger partial charge in [0.15, 0.2) is 6.61 Å². The van der Waals surface area contributed by atoms with Crippen molar-refractivity contribution in [1.29, 1.82) is 0 Å². The van der Waals surface area contributed by atoms with Gasteiger partial charge >= 0.3 is 11.9 Å². The first-order valence-electron chi connectivity index (χ1n) is 7.89. The SMILES string of the molecule is CCOC(=O)c1c(C)[nH]c(C)c1C(=O)COC(=O)c1c(Cl)ccc(Cl)c1Cl. The van der Waals surface area contributed by atoms with E-state index in [1.54, 1.807) is 20.8 Å². The summed E-state index contributed by atoms with van der Waals surface area (Å²) in [6, 6.07) is 2.83. The number of benzene rings is 1. The van der Waals surface area contributed by atoms with Gasteiger partial charge in [-0.2, -0.15) is 0 Å². The standard InChI is InChI=1S/C18H16Cl3NO5/c1-4-26-17(24)14-9(3)22-8(2)13(14)12(23)7-27-18(25)15-10(19)5-6-11(20)16(15)21/h5-6,22H,4,7H2,1-3H3. The maximum absolute atomic E-state index is 12.6. The number of carbonyl (C=O) groups excluding carboxylic acids is 3. The van der Waals surface area contributed by atoms with Crippen molar-refractivity contribution in [3.8, 4) is 0 Å². The molecule has 6 nitrogen and oxygen atoms in total. The van der Waals surface area contributed by atoms with Crippen LogP contribution >= 0.6 is 34.8 Å². The van der Waals surface area contributed by atoms with E-state index in [9.17, 15) is 14.4 Å². The topological polar surface area (TPSA) is 85.5 Å². The van der Waals surface area contributed by atoms with E-state index in [4.69, 9.17) is 44.3 Å². The molecule has 2 rings (SSSR count). The molecule has 27 heavy (non-hydrogen) atoms. The molecule has 0 fully saturated rings. The van der Waals surface area contributed by atoms with Crippen molar-refractivity contribution in [2.75, 3.05) is 13.2 Å². The van der Waals surface area contributed by atoms with Crippen LogP contribution in [0, 0.1) is 13.8 Å². The predicted molar refractivity (Wildman–Crippen MR) is 102 cm³/mol. The zero-order valence-electron chi connectivity index (χ0n) is 14.7. The Balaban J connectivity index is 2.24. The Morgan fingerprint density at radius 1 is 0.889 bits per heavy atom. The molecule has 0 unspecified atom stereocenters. The summed E-state index contributed by atoms with van der Waals surface area (Å²) in [5.41, 5.74) is 1.06. The minimum absolute atomic E-state index is 0.0442. The van der Waals surface area contributed by atoms with Crippen LogP contribution in [0.4, 0.5) is 0 Å². The van der Waals surface area contributed by atoms with Crippen LogP contribution in [0.3, 0.4) is 0 Å². The van der Waals surface area contributed by atoms with E-state index in [0.29, 0.717) is 11.4 Å². The average molecular weight is 433 g/mol. The van der Waals surface area contributed by atoms with E-state index in [0.717, 1.165) is 0 Å². The van der Waals surface area contributed by atoms with Crippen molar-refractivity contribution in [1.82, 2.24) is 4.98 Å². The van der Waals surface area contributed by atoms with Crippen molar-refractivity contribution in [3.05, 3.63) is 55.3 Å². The number of esters is 2. The number of Topliss-reactive ketones (excluding diaryl/α,β-unsaturated/α-hetero) is 1. The fraction of sp³-hybridized carbons (Fsp3) is 0.278. The first kappa shape index (κ1) is 21.3. The number of H-pyrrole nitrogens is 1. The van der Waals surface area contributed by atoms with Crippen LogP contribution in [0.15, 0.2) is 12.1 Å². The molecule has 0 bridgehead atoms. The first-order chi connectivity index (χ1) is 12.7. The number of halogens is 3. The fourth-order valence-corrected chi connectivity index (χ4v) is 3.26. The molecule has 1 heterocycles. The van der Waals surface area contributed by atoms with Crippen LogP contribution in [0.1, 0.15) is 49.4 Å². The summed E-state index contributed by atoms with van der Waals surface area (Å²) in [5, 5.41) is 0.103. The van der Waals surface area contributed by atoms with Crippen LogP contribution in [-0.2, 0) is 9.47 Å². The Morgan fingerprint density at radius 2 is 1.44 bits per heavy atom. The normalized spacial score (nSPS) is 10.6. The Morgan fingerprint density at radius 3 is 2.07 bits per heavy atom. The van der Waals surface area contributed by atoms with Gasteiger partial charge in [0.05, 0.1) is 38.4 Å². The highest BCUT2D eigenvalue weighted by Crippen LogP contribution is 2.32. The number of aromatic amines is 1. The van der Waals surface area contributed by atoms with E-state index < -0.39 is 24.3 Å². The molecule has 9 heteroatoms. The number of aromatic nitrogens is 1. The molecule has 0 atom stereocenters. The molecule has 0 saturated heterocycles. The lowest BCUT2D eigenvalue weighted by Crippen LogP contribution is -2.18. The number of nitrogens with one attached hydrogen (secondary N) is 1. The highest BCUT2D eigenvalue weighted by molar-refractivity contribution is 6.46. The Labute approximate surface area is 170 Å². The smallest absolute Gasteiger partial charge is 0.341 e. The van der Waals surface area contributed by atoms with Gasteiger partial charge in [-0.25, -0.2) is 9.59 Å². The van der Waals surface area contributed by atoms with Crippen molar-refractivity contribution in [2.24, 2.45) is 0 Å². The van der Waals surface area contributed by atoms with Gasteiger partial charge in [0, 0.05) is 11.4 Å².